The molecule has 1 aliphatic carbocycles. The number of aryl methyl sites for hydroxylation is 1. The lowest BCUT2D eigenvalue weighted by Crippen LogP contribution is -2.48. The van der Waals surface area contributed by atoms with Crippen LogP contribution < -0.4 is 0 Å². The van der Waals surface area contributed by atoms with Crippen LogP contribution >= 0.6 is 0 Å². The minimum absolute atomic E-state index is 0.0519. The fourth-order valence-corrected chi connectivity index (χ4v) is 4.18. The lowest BCUT2D eigenvalue weighted by molar-refractivity contribution is -0.0789. The molecular formula is C20H22N2O3. The molecule has 1 spiro atoms. The first-order valence-corrected chi connectivity index (χ1v) is 9.15. The number of carbonyl (C=O) groups excluding carboxylic acids is 1. The Morgan fingerprint density at radius 2 is 2.16 bits per heavy atom. The van der Waals surface area contributed by atoms with Crippen molar-refractivity contribution in [2.24, 2.45) is 0 Å². The lowest BCUT2D eigenvalue weighted by Gasteiger charge is -2.40. The maximum atomic E-state index is 13.1. The molecule has 25 heavy (non-hydrogen) atoms. The van der Waals surface area contributed by atoms with E-state index < -0.39 is 0 Å². The van der Waals surface area contributed by atoms with Crippen molar-refractivity contribution in [2.45, 2.75) is 50.7 Å². The van der Waals surface area contributed by atoms with Gasteiger partial charge in [-0.2, -0.15) is 0 Å². The van der Waals surface area contributed by atoms with Crippen molar-refractivity contribution in [3.05, 3.63) is 52.7 Å². The Kier molecular flexibility index (Phi) is 3.29. The van der Waals surface area contributed by atoms with Gasteiger partial charge >= 0.3 is 0 Å². The third kappa shape index (κ3) is 2.41. The summed E-state index contributed by atoms with van der Waals surface area (Å²) in [5.41, 5.74) is 2.82. The Hall–Kier alpha value is -2.14. The van der Waals surface area contributed by atoms with Crippen LogP contribution in [0.5, 0.6) is 0 Å². The average molecular weight is 338 g/mol. The third-order valence-corrected chi connectivity index (χ3v) is 5.69. The van der Waals surface area contributed by atoms with E-state index in [0.29, 0.717) is 30.5 Å². The van der Waals surface area contributed by atoms with E-state index in [1.54, 1.807) is 0 Å². The van der Waals surface area contributed by atoms with Crippen LogP contribution in [0.25, 0.3) is 0 Å². The molecule has 3 heterocycles. The molecule has 0 N–H and O–H groups in total. The topological polar surface area (TPSA) is 55.6 Å². The van der Waals surface area contributed by atoms with Crippen molar-refractivity contribution in [3.8, 4) is 0 Å². The van der Waals surface area contributed by atoms with Gasteiger partial charge in [-0.05, 0) is 43.7 Å². The number of ether oxygens (including phenoxy) is 1. The third-order valence-electron chi connectivity index (χ3n) is 5.69. The van der Waals surface area contributed by atoms with Crippen molar-refractivity contribution in [1.29, 1.82) is 0 Å². The highest BCUT2D eigenvalue weighted by molar-refractivity contribution is 5.92. The molecule has 5 rings (SSSR count). The van der Waals surface area contributed by atoms with Crippen LogP contribution in [-0.2, 0) is 16.9 Å². The summed E-state index contributed by atoms with van der Waals surface area (Å²) in [5, 5.41) is 0. The number of hydrogen-bond donors (Lipinski definition) is 0. The lowest BCUT2D eigenvalue weighted by atomic mass is 9.85. The van der Waals surface area contributed by atoms with Gasteiger partial charge in [0.1, 0.15) is 5.60 Å². The van der Waals surface area contributed by atoms with E-state index in [9.17, 15) is 4.79 Å². The first-order valence-electron chi connectivity index (χ1n) is 9.15. The number of benzene rings is 1. The van der Waals surface area contributed by atoms with Gasteiger partial charge in [0.05, 0.1) is 18.8 Å². The quantitative estimate of drug-likeness (QED) is 0.841. The molecule has 1 saturated heterocycles. The summed E-state index contributed by atoms with van der Waals surface area (Å²) < 4.78 is 12.0. The summed E-state index contributed by atoms with van der Waals surface area (Å²) in [6.45, 7) is 3.82. The summed E-state index contributed by atoms with van der Waals surface area (Å²) in [4.78, 5) is 19.4. The number of oxazole rings is 1. The predicted molar refractivity (Wildman–Crippen MR) is 91.3 cm³/mol. The SMILES string of the molecule is Cc1nc(C2CC2)oc1C(=O)N1CCCC2(C1)OCc1ccccc12. The van der Waals surface area contributed by atoms with Crippen LogP contribution in [0.2, 0.25) is 0 Å². The highest BCUT2D eigenvalue weighted by atomic mass is 16.5. The van der Waals surface area contributed by atoms with Gasteiger partial charge in [-0.25, -0.2) is 4.98 Å². The fourth-order valence-electron chi connectivity index (χ4n) is 4.18. The Morgan fingerprint density at radius 1 is 1.32 bits per heavy atom. The number of amides is 1. The highest BCUT2D eigenvalue weighted by Crippen LogP contribution is 2.43. The standard InChI is InChI=1S/C20H22N2O3/c1-13-17(25-18(21-13)14-7-8-14)19(23)22-10-4-9-20(12-22)16-6-3-2-5-15(16)11-24-20/h2-3,5-6,14H,4,7-12H2,1H3. The Morgan fingerprint density at radius 3 is 3.00 bits per heavy atom. The first-order chi connectivity index (χ1) is 12.2. The second-order valence-electron chi connectivity index (χ2n) is 7.51. The van der Waals surface area contributed by atoms with Gasteiger partial charge in [-0.1, -0.05) is 24.3 Å². The van der Waals surface area contributed by atoms with E-state index in [4.69, 9.17) is 9.15 Å². The molecule has 1 saturated carbocycles. The summed E-state index contributed by atoms with van der Waals surface area (Å²) in [6, 6.07) is 8.36. The van der Waals surface area contributed by atoms with Crippen molar-refractivity contribution < 1.29 is 13.9 Å². The number of hydrogen-bond acceptors (Lipinski definition) is 4. The predicted octanol–water partition coefficient (Wildman–Crippen LogP) is 3.52. The number of aromatic nitrogens is 1. The van der Waals surface area contributed by atoms with Gasteiger partial charge in [-0.3, -0.25) is 4.79 Å². The van der Waals surface area contributed by atoms with E-state index in [-0.39, 0.29) is 11.5 Å². The van der Waals surface area contributed by atoms with Crippen LogP contribution in [0, 0.1) is 6.92 Å². The van der Waals surface area contributed by atoms with Gasteiger partial charge < -0.3 is 14.1 Å². The number of carbonyl (C=O) groups is 1. The zero-order valence-corrected chi connectivity index (χ0v) is 14.5. The fraction of sp³-hybridized carbons (Fsp3) is 0.500. The molecule has 2 fully saturated rings. The van der Waals surface area contributed by atoms with E-state index in [2.05, 4.69) is 23.2 Å². The smallest absolute Gasteiger partial charge is 0.291 e. The zero-order valence-electron chi connectivity index (χ0n) is 14.5. The largest absolute Gasteiger partial charge is 0.435 e. The minimum Gasteiger partial charge on any atom is -0.435 e. The van der Waals surface area contributed by atoms with Gasteiger partial charge in [0.25, 0.3) is 5.91 Å². The molecule has 1 aromatic carbocycles. The molecule has 5 heteroatoms. The molecule has 5 nitrogen and oxygen atoms in total. The minimum atomic E-state index is -0.363. The molecule has 0 bridgehead atoms. The summed E-state index contributed by atoms with van der Waals surface area (Å²) in [7, 11) is 0. The van der Waals surface area contributed by atoms with Crippen LogP contribution in [0.3, 0.4) is 0 Å². The molecule has 130 valence electrons. The molecule has 1 atom stereocenters. The zero-order chi connectivity index (χ0) is 17.0. The summed E-state index contributed by atoms with van der Waals surface area (Å²) >= 11 is 0. The molecule has 2 aliphatic heterocycles. The van der Waals surface area contributed by atoms with E-state index in [1.807, 2.05) is 17.9 Å². The van der Waals surface area contributed by atoms with Crippen LogP contribution in [0.1, 0.15) is 64.9 Å². The number of likely N-dealkylation sites (tertiary alicyclic amines) is 1. The molecule has 1 amide bonds. The second kappa shape index (κ2) is 5.43. The van der Waals surface area contributed by atoms with Crippen LogP contribution in [-0.4, -0.2) is 28.9 Å². The maximum Gasteiger partial charge on any atom is 0.291 e. The van der Waals surface area contributed by atoms with E-state index >= 15 is 0 Å². The molecule has 3 aliphatic rings. The summed E-state index contributed by atoms with van der Waals surface area (Å²) in [6.07, 6.45) is 4.12. The van der Waals surface area contributed by atoms with Gasteiger partial charge in [-0.15, -0.1) is 0 Å². The normalized spacial score (nSPS) is 25.4. The van der Waals surface area contributed by atoms with Crippen molar-refractivity contribution in [1.82, 2.24) is 9.88 Å². The summed E-state index contributed by atoms with van der Waals surface area (Å²) in [5.74, 6) is 1.50. The highest BCUT2D eigenvalue weighted by Gasteiger charge is 2.45. The van der Waals surface area contributed by atoms with Crippen molar-refractivity contribution in [3.63, 3.8) is 0 Å². The Labute approximate surface area is 147 Å². The van der Waals surface area contributed by atoms with Crippen LogP contribution in [0.4, 0.5) is 0 Å². The molecular weight excluding hydrogens is 316 g/mol. The average Bonchev–Trinajstić information content (AvgIpc) is 3.34. The van der Waals surface area contributed by atoms with Crippen LogP contribution in [0.15, 0.2) is 28.7 Å². The van der Waals surface area contributed by atoms with Crippen molar-refractivity contribution >= 4 is 5.91 Å². The number of nitrogens with zero attached hydrogens (tertiary/aromatic N) is 2. The van der Waals surface area contributed by atoms with E-state index in [1.165, 1.54) is 11.1 Å². The van der Waals surface area contributed by atoms with Gasteiger partial charge in [0, 0.05) is 12.5 Å². The second-order valence-corrected chi connectivity index (χ2v) is 7.51. The first kappa shape index (κ1) is 15.1. The monoisotopic (exact) mass is 338 g/mol. The number of piperidine rings is 1. The van der Waals surface area contributed by atoms with Gasteiger partial charge in [0.15, 0.2) is 5.89 Å². The van der Waals surface area contributed by atoms with Crippen molar-refractivity contribution in [2.75, 3.05) is 13.1 Å². The molecule has 2 aromatic rings. The molecule has 1 unspecified atom stereocenters. The number of fused-ring (bicyclic) bond motifs is 2. The van der Waals surface area contributed by atoms with E-state index in [0.717, 1.165) is 38.1 Å². The molecule has 0 radical (unpaired) electrons. The Balaban J connectivity index is 1.42. The number of rotatable bonds is 2. The Bertz CT molecular complexity index is 835. The maximum absolute atomic E-state index is 13.1. The molecule has 1 aromatic heterocycles. The van der Waals surface area contributed by atoms with Gasteiger partial charge in [0.2, 0.25) is 5.76 Å².